The van der Waals surface area contributed by atoms with Crippen molar-refractivity contribution in [2.75, 3.05) is 5.75 Å². The van der Waals surface area contributed by atoms with Gasteiger partial charge in [0.1, 0.15) is 6.04 Å². The number of nitrogens with two attached hydrogens (primary N) is 1. The first-order chi connectivity index (χ1) is 8.54. The summed E-state index contributed by atoms with van der Waals surface area (Å²) in [6.07, 6.45) is 0.367. The molecule has 6 heteroatoms. The van der Waals surface area contributed by atoms with Crippen molar-refractivity contribution in [3.8, 4) is 0 Å². The Morgan fingerprint density at radius 3 is 2.44 bits per heavy atom. The Morgan fingerprint density at radius 2 is 1.94 bits per heavy atom. The van der Waals surface area contributed by atoms with Gasteiger partial charge in [-0.15, -0.1) is 0 Å². The molecule has 18 heavy (non-hydrogen) atoms. The van der Waals surface area contributed by atoms with E-state index >= 15 is 0 Å². The van der Waals surface area contributed by atoms with Crippen LogP contribution in [0, 0.1) is 0 Å². The number of aliphatic carboxylic acids is 1. The van der Waals surface area contributed by atoms with E-state index in [9.17, 15) is 9.59 Å². The van der Waals surface area contributed by atoms with Crippen molar-refractivity contribution in [3.05, 3.63) is 35.9 Å². The van der Waals surface area contributed by atoms with Crippen LogP contribution in [0.15, 0.2) is 30.3 Å². The zero-order valence-corrected chi connectivity index (χ0v) is 10.6. The van der Waals surface area contributed by atoms with E-state index < -0.39 is 24.0 Å². The number of nitrogens with one attached hydrogen (secondary N) is 1. The van der Waals surface area contributed by atoms with Crippen LogP contribution in [-0.2, 0) is 16.0 Å². The highest BCUT2D eigenvalue weighted by molar-refractivity contribution is 7.80. The summed E-state index contributed by atoms with van der Waals surface area (Å²) in [5.74, 6) is -1.58. The Labute approximate surface area is 111 Å². The summed E-state index contributed by atoms with van der Waals surface area (Å²) in [4.78, 5) is 22.4. The van der Waals surface area contributed by atoms with Gasteiger partial charge in [0, 0.05) is 5.75 Å². The smallest absolute Gasteiger partial charge is 0.327 e. The van der Waals surface area contributed by atoms with Crippen LogP contribution in [0.3, 0.4) is 0 Å². The van der Waals surface area contributed by atoms with E-state index in [0.29, 0.717) is 6.42 Å². The lowest BCUT2D eigenvalue weighted by molar-refractivity contribution is -0.141. The van der Waals surface area contributed by atoms with Crippen LogP contribution in [0.1, 0.15) is 5.56 Å². The molecule has 0 aliphatic carbocycles. The average Bonchev–Trinajstić information content (AvgIpc) is 2.36. The van der Waals surface area contributed by atoms with E-state index in [1.54, 1.807) is 0 Å². The van der Waals surface area contributed by atoms with Crippen LogP contribution in [0.25, 0.3) is 0 Å². The zero-order valence-electron chi connectivity index (χ0n) is 9.74. The quantitative estimate of drug-likeness (QED) is 0.549. The number of carbonyl (C=O) groups is 2. The minimum Gasteiger partial charge on any atom is -0.480 e. The van der Waals surface area contributed by atoms with Gasteiger partial charge in [-0.25, -0.2) is 4.79 Å². The topological polar surface area (TPSA) is 92.4 Å². The molecule has 1 aromatic carbocycles. The second-order valence-corrected chi connectivity index (χ2v) is 4.24. The van der Waals surface area contributed by atoms with Gasteiger partial charge in [0.25, 0.3) is 0 Å². The monoisotopic (exact) mass is 268 g/mol. The third-order valence-electron chi connectivity index (χ3n) is 2.43. The molecule has 0 aromatic heterocycles. The van der Waals surface area contributed by atoms with Crippen molar-refractivity contribution in [1.82, 2.24) is 5.32 Å². The van der Waals surface area contributed by atoms with Crippen molar-refractivity contribution < 1.29 is 14.7 Å². The van der Waals surface area contributed by atoms with Crippen LogP contribution >= 0.6 is 12.6 Å². The Balaban J connectivity index is 2.54. The van der Waals surface area contributed by atoms with Gasteiger partial charge in [-0.1, -0.05) is 30.3 Å². The molecule has 0 saturated carbocycles. The molecule has 0 aliphatic rings. The first-order valence-corrected chi connectivity index (χ1v) is 6.11. The lowest BCUT2D eigenvalue weighted by Gasteiger charge is -2.16. The van der Waals surface area contributed by atoms with Crippen LogP contribution in [-0.4, -0.2) is 34.8 Å². The summed E-state index contributed by atoms with van der Waals surface area (Å²) in [6, 6.07) is 7.52. The summed E-state index contributed by atoms with van der Waals surface area (Å²) < 4.78 is 0. The summed E-state index contributed by atoms with van der Waals surface area (Å²) in [5, 5.41) is 11.1. The maximum absolute atomic E-state index is 11.7. The highest BCUT2D eigenvalue weighted by Gasteiger charge is 2.21. The Morgan fingerprint density at radius 1 is 1.33 bits per heavy atom. The number of rotatable bonds is 6. The van der Waals surface area contributed by atoms with Gasteiger partial charge in [0.15, 0.2) is 0 Å². The summed E-state index contributed by atoms with van der Waals surface area (Å²) in [7, 11) is 0. The zero-order chi connectivity index (χ0) is 13.5. The van der Waals surface area contributed by atoms with Crippen LogP contribution < -0.4 is 11.1 Å². The number of benzene rings is 1. The van der Waals surface area contributed by atoms with Gasteiger partial charge in [0.05, 0.1) is 6.04 Å². The van der Waals surface area contributed by atoms with Gasteiger partial charge < -0.3 is 16.2 Å². The summed E-state index contributed by atoms with van der Waals surface area (Å²) >= 11 is 3.86. The molecule has 1 rings (SSSR count). The number of hydrogen-bond acceptors (Lipinski definition) is 4. The second kappa shape index (κ2) is 7.03. The van der Waals surface area contributed by atoms with Gasteiger partial charge in [0.2, 0.25) is 5.91 Å². The lowest BCUT2D eigenvalue weighted by atomic mass is 10.1. The minimum absolute atomic E-state index is 0.0269. The predicted octanol–water partition coefficient (Wildman–Crippen LogP) is 0.0556. The number of carboxylic acid groups (broad SMARTS) is 1. The number of hydrogen-bond donors (Lipinski definition) is 4. The van der Waals surface area contributed by atoms with Crippen LogP contribution in [0.5, 0.6) is 0 Å². The molecule has 1 unspecified atom stereocenters. The van der Waals surface area contributed by atoms with E-state index in [4.69, 9.17) is 10.8 Å². The predicted molar refractivity (Wildman–Crippen MR) is 71.5 cm³/mol. The largest absolute Gasteiger partial charge is 0.480 e. The van der Waals surface area contributed by atoms with Gasteiger partial charge in [-0.3, -0.25) is 4.79 Å². The standard InChI is InChI=1S/C12H16N2O3S/c13-9(6-8-4-2-1-3-5-8)11(15)14-10(7-18)12(16)17/h1-5,9-10,18H,6-7,13H2,(H,14,15)(H,16,17)/t9?,10-/m0/s1. The van der Waals surface area contributed by atoms with E-state index in [1.807, 2.05) is 30.3 Å². The Hall–Kier alpha value is -1.53. The summed E-state index contributed by atoms with van der Waals surface area (Å²) in [6.45, 7) is 0. The molecule has 0 saturated heterocycles. The molecule has 0 aliphatic heterocycles. The third-order valence-corrected chi connectivity index (χ3v) is 2.80. The second-order valence-electron chi connectivity index (χ2n) is 3.88. The molecule has 0 radical (unpaired) electrons. The molecular weight excluding hydrogens is 252 g/mol. The van der Waals surface area contributed by atoms with Gasteiger partial charge >= 0.3 is 5.97 Å². The first-order valence-electron chi connectivity index (χ1n) is 5.48. The van der Waals surface area contributed by atoms with Crippen molar-refractivity contribution in [2.45, 2.75) is 18.5 Å². The third kappa shape index (κ3) is 4.38. The fourth-order valence-electron chi connectivity index (χ4n) is 1.42. The number of amides is 1. The molecule has 1 amide bonds. The molecule has 1 aromatic rings. The minimum atomic E-state index is -1.12. The van der Waals surface area contributed by atoms with Crippen LogP contribution in [0.2, 0.25) is 0 Å². The summed E-state index contributed by atoms with van der Waals surface area (Å²) in [5.41, 5.74) is 6.65. The highest BCUT2D eigenvalue weighted by Crippen LogP contribution is 2.02. The van der Waals surface area contributed by atoms with Crippen molar-refractivity contribution >= 4 is 24.5 Å². The molecular formula is C12H16N2O3S. The van der Waals surface area contributed by atoms with Crippen LogP contribution in [0.4, 0.5) is 0 Å². The molecule has 0 bridgehead atoms. The molecule has 5 nitrogen and oxygen atoms in total. The molecule has 2 atom stereocenters. The average molecular weight is 268 g/mol. The van der Waals surface area contributed by atoms with Crippen molar-refractivity contribution in [2.24, 2.45) is 5.73 Å². The Bertz CT molecular complexity index is 411. The first kappa shape index (κ1) is 14.5. The molecule has 0 spiro atoms. The van der Waals surface area contributed by atoms with Gasteiger partial charge in [-0.2, -0.15) is 12.6 Å². The van der Waals surface area contributed by atoms with Crippen molar-refractivity contribution in [1.29, 1.82) is 0 Å². The maximum Gasteiger partial charge on any atom is 0.327 e. The lowest BCUT2D eigenvalue weighted by Crippen LogP contribution is -2.50. The van der Waals surface area contributed by atoms with E-state index in [2.05, 4.69) is 17.9 Å². The van der Waals surface area contributed by atoms with E-state index in [-0.39, 0.29) is 5.75 Å². The van der Waals surface area contributed by atoms with E-state index in [0.717, 1.165) is 5.56 Å². The van der Waals surface area contributed by atoms with Crippen molar-refractivity contribution in [3.63, 3.8) is 0 Å². The molecule has 0 fully saturated rings. The molecule has 4 N–H and O–H groups in total. The maximum atomic E-state index is 11.7. The van der Waals surface area contributed by atoms with Gasteiger partial charge in [-0.05, 0) is 12.0 Å². The Kier molecular flexibility index (Phi) is 5.67. The molecule has 0 heterocycles. The fraction of sp³-hybridized carbons (Fsp3) is 0.333. The SMILES string of the molecule is NC(Cc1ccccc1)C(=O)N[C@@H](CS)C(=O)O. The molecule has 98 valence electrons. The number of carbonyl (C=O) groups excluding carboxylic acids is 1. The normalized spacial score (nSPS) is 13.7. The number of thiol groups is 1. The highest BCUT2D eigenvalue weighted by atomic mass is 32.1. The number of carboxylic acids is 1. The fourth-order valence-corrected chi connectivity index (χ4v) is 1.67. The van der Waals surface area contributed by atoms with E-state index in [1.165, 1.54) is 0 Å².